The number of urea groups is 1. The number of alkyl halides is 2. The van der Waals surface area contributed by atoms with E-state index in [1.165, 1.54) is 36.6 Å². The molecule has 2 aromatic heterocycles. The number of pyridine rings is 1. The third kappa shape index (κ3) is 5.63. The van der Waals surface area contributed by atoms with Gasteiger partial charge in [-0.25, -0.2) is 14.8 Å². The Hall–Kier alpha value is -4.00. The molecule has 172 valence electrons. The maximum Gasteiger partial charge on any atom is 0.586 e. The number of amides is 3. The van der Waals surface area contributed by atoms with Crippen LogP contribution < -0.4 is 30.7 Å². The fraction of sp³-hybridized carbons (Fsp3) is 0.200. The number of thiazole rings is 1. The average molecular weight is 476 g/mol. The van der Waals surface area contributed by atoms with Crippen LogP contribution in [0.1, 0.15) is 10.4 Å². The summed E-state index contributed by atoms with van der Waals surface area (Å²) >= 11 is 1.30. The molecule has 33 heavy (non-hydrogen) atoms. The van der Waals surface area contributed by atoms with Crippen molar-refractivity contribution in [3.8, 4) is 11.5 Å². The molecule has 3 heterocycles. The molecule has 0 saturated carbocycles. The number of ether oxygens (including phenoxy) is 2. The van der Waals surface area contributed by atoms with E-state index in [1.807, 2.05) is 0 Å². The third-order valence-electron chi connectivity index (χ3n) is 4.40. The maximum atomic E-state index is 13.1. The highest BCUT2D eigenvalue weighted by molar-refractivity contribution is 7.10. The van der Waals surface area contributed by atoms with E-state index in [2.05, 4.69) is 40.7 Å². The molecule has 3 amide bonds. The maximum absolute atomic E-state index is 13.1. The van der Waals surface area contributed by atoms with Crippen molar-refractivity contribution in [3.63, 3.8) is 0 Å². The van der Waals surface area contributed by atoms with E-state index in [1.54, 1.807) is 23.8 Å². The number of carbonyl (C=O) groups is 2. The molecule has 4 N–H and O–H groups in total. The third-order valence-corrected chi connectivity index (χ3v) is 5.23. The summed E-state index contributed by atoms with van der Waals surface area (Å²) in [4.78, 5) is 32.9. The van der Waals surface area contributed by atoms with Gasteiger partial charge in [-0.05, 0) is 29.8 Å². The Kier molecular flexibility index (Phi) is 6.22. The molecule has 0 bridgehead atoms. The van der Waals surface area contributed by atoms with Crippen LogP contribution in [0.5, 0.6) is 11.5 Å². The average Bonchev–Trinajstić information content (AvgIpc) is 3.33. The Labute approximate surface area is 190 Å². The van der Waals surface area contributed by atoms with Gasteiger partial charge in [0, 0.05) is 31.5 Å². The lowest BCUT2D eigenvalue weighted by Gasteiger charge is -2.09. The molecule has 10 nitrogen and oxygen atoms in total. The summed E-state index contributed by atoms with van der Waals surface area (Å²) in [5.41, 5.74) is 2.75. The highest BCUT2D eigenvalue weighted by Crippen LogP contribution is 2.42. The minimum absolute atomic E-state index is 0.0252. The quantitative estimate of drug-likeness (QED) is 0.412. The summed E-state index contributed by atoms with van der Waals surface area (Å²) in [6.45, 7) is 0.389. The van der Waals surface area contributed by atoms with Crippen LogP contribution in [0.2, 0.25) is 0 Å². The van der Waals surface area contributed by atoms with Gasteiger partial charge in [-0.15, -0.1) is 20.1 Å². The van der Waals surface area contributed by atoms with Crippen LogP contribution in [0.4, 0.5) is 30.9 Å². The number of nitrogens with one attached hydrogen (secondary N) is 4. The lowest BCUT2D eigenvalue weighted by atomic mass is 10.2. The summed E-state index contributed by atoms with van der Waals surface area (Å²) in [5, 5.41) is 10.8. The van der Waals surface area contributed by atoms with Crippen LogP contribution in [0.3, 0.4) is 0 Å². The van der Waals surface area contributed by atoms with Crippen molar-refractivity contribution in [2.75, 3.05) is 23.0 Å². The van der Waals surface area contributed by atoms with Crippen LogP contribution in [0.15, 0.2) is 42.0 Å². The summed E-state index contributed by atoms with van der Waals surface area (Å²) in [6.07, 6.45) is -2.13. The van der Waals surface area contributed by atoms with Gasteiger partial charge in [0.15, 0.2) is 11.5 Å². The van der Waals surface area contributed by atoms with Crippen LogP contribution >= 0.6 is 11.3 Å². The van der Waals surface area contributed by atoms with Gasteiger partial charge in [0.25, 0.3) is 0 Å². The van der Waals surface area contributed by atoms with Gasteiger partial charge in [0.1, 0.15) is 11.6 Å². The number of nitrogens with zero attached hydrogens (tertiary/aromatic N) is 2. The first-order valence-corrected chi connectivity index (χ1v) is 10.5. The van der Waals surface area contributed by atoms with Gasteiger partial charge < -0.3 is 25.4 Å². The first-order chi connectivity index (χ1) is 15.8. The number of anilines is 3. The molecule has 0 aliphatic carbocycles. The van der Waals surface area contributed by atoms with Crippen molar-refractivity contribution in [3.05, 3.63) is 52.5 Å². The molecule has 0 unspecified atom stereocenters. The Morgan fingerprint density at radius 1 is 1.09 bits per heavy atom. The fourth-order valence-corrected chi connectivity index (χ4v) is 3.67. The minimum atomic E-state index is -3.72. The van der Waals surface area contributed by atoms with Crippen LogP contribution in [0.25, 0.3) is 0 Å². The standard InChI is InChI=1S/C20H18F2N6O4S/c1-23-19(30)28-16-6-11(4-5-24-16)9-25-18-15(33-10-26-18)8-17(29)27-12-2-3-13-14(7-12)32-20(21,22)31-13/h2-7,10,25H,8-9H2,1H3,(H,27,29)(H2,23,24,28,30). The number of benzene rings is 1. The highest BCUT2D eigenvalue weighted by Gasteiger charge is 2.43. The number of carbonyl (C=O) groups excluding carboxylic acids is 2. The molecule has 1 aliphatic heterocycles. The van der Waals surface area contributed by atoms with Gasteiger partial charge in [-0.2, -0.15) is 0 Å². The van der Waals surface area contributed by atoms with Gasteiger partial charge >= 0.3 is 12.3 Å². The zero-order chi connectivity index (χ0) is 23.4. The molecule has 0 spiro atoms. The van der Waals surface area contributed by atoms with Crippen molar-refractivity contribution in [1.82, 2.24) is 15.3 Å². The fourth-order valence-electron chi connectivity index (χ4n) is 2.94. The molecule has 4 rings (SSSR count). The van der Waals surface area contributed by atoms with E-state index >= 15 is 0 Å². The van der Waals surface area contributed by atoms with Crippen LogP contribution in [0, 0.1) is 0 Å². The molecule has 0 saturated heterocycles. The SMILES string of the molecule is CNC(=O)Nc1cc(CNc2ncsc2CC(=O)Nc2ccc3c(c2)OC(F)(F)O3)ccn1. The number of hydrogen-bond acceptors (Lipinski definition) is 8. The minimum Gasteiger partial charge on any atom is -0.395 e. The van der Waals surface area contributed by atoms with E-state index < -0.39 is 6.29 Å². The summed E-state index contributed by atoms with van der Waals surface area (Å²) < 4.78 is 35.0. The number of rotatable bonds is 7. The number of fused-ring (bicyclic) bond motifs is 1. The van der Waals surface area contributed by atoms with E-state index in [4.69, 9.17) is 0 Å². The largest absolute Gasteiger partial charge is 0.586 e. The molecule has 13 heteroatoms. The molecule has 0 radical (unpaired) electrons. The van der Waals surface area contributed by atoms with E-state index in [0.717, 1.165) is 5.56 Å². The van der Waals surface area contributed by atoms with Gasteiger partial charge in [-0.1, -0.05) is 0 Å². The molecular formula is C20H18F2N6O4S. The summed E-state index contributed by atoms with van der Waals surface area (Å²) in [7, 11) is 1.51. The molecule has 1 aromatic carbocycles. The predicted octanol–water partition coefficient (Wildman–Crippen LogP) is 3.40. The predicted molar refractivity (Wildman–Crippen MR) is 117 cm³/mol. The Morgan fingerprint density at radius 3 is 2.73 bits per heavy atom. The van der Waals surface area contributed by atoms with Crippen LogP contribution in [-0.4, -0.2) is 35.2 Å². The van der Waals surface area contributed by atoms with Crippen molar-refractivity contribution in [2.45, 2.75) is 19.3 Å². The lowest BCUT2D eigenvalue weighted by Crippen LogP contribution is -2.25. The van der Waals surface area contributed by atoms with E-state index in [9.17, 15) is 18.4 Å². The van der Waals surface area contributed by atoms with Gasteiger partial charge in [0.2, 0.25) is 5.91 Å². The molecule has 1 aliphatic rings. The Balaban J connectivity index is 1.34. The topological polar surface area (TPSA) is 127 Å². The van der Waals surface area contributed by atoms with E-state index in [0.29, 0.717) is 28.7 Å². The van der Waals surface area contributed by atoms with Gasteiger partial charge in [0.05, 0.1) is 16.8 Å². The molecule has 0 atom stereocenters. The number of aromatic nitrogens is 2. The smallest absolute Gasteiger partial charge is 0.395 e. The Morgan fingerprint density at radius 2 is 1.91 bits per heavy atom. The number of halogens is 2. The normalized spacial score (nSPS) is 13.3. The second-order valence-electron chi connectivity index (χ2n) is 6.79. The summed E-state index contributed by atoms with van der Waals surface area (Å²) in [6, 6.07) is 7.13. The second kappa shape index (κ2) is 9.24. The first-order valence-electron chi connectivity index (χ1n) is 9.61. The van der Waals surface area contributed by atoms with Crippen molar-refractivity contribution < 1.29 is 27.8 Å². The van der Waals surface area contributed by atoms with Crippen LogP contribution in [-0.2, 0) is 17.8 Å². The molecule has 0 fully saturated rings. The van der Waals surface area contributed by atoms with Gasteiger partial charge in [-0.3, -0.25) is 10.1 Å². The highest BCUT2D eigenvalue weighted by atomic mass is 32.1. The Bertz CT molecular complexity index is 1190. The van der Waals surface area contributed by atoms with Crippen molar-refractivity contribution in [2.24, 2.45) is 0 Å². The molecule has 3 aromatic rings. The van der Waals surface area contributed by atoms with Crippen molar-refractivity contribution in [1.29, 1.82) is 0 Å². The monoisotopic (exact) mass is 476 g/mol. The summed E-state index contributed by atoms with van der Waals surface area (Å²) in [5.74, 6) is 0.331. The van der Waals surface area contributed by atoms with Crippen molar-refractivity contribution >= 4 is 40.6 Å². The first kappa shape index (κ1) is 22.2. The number of hydrogen-bond donors (Lipinski definition) is 4. The zero-order valence-corrected chi connectivity index (χ0v) is 18.0. The van der Waals surface area contributed by atoms with E-state index in [-0.39, 0.29) is 29.9 Å². The molecular weight excluding hydrogens is 458 g/mol. The lowest BCUT2D eigenvalue weighted by molar-refractivity contribution is -0.286. The zero-order valence-electron chi connectivity index (χ0n) is 17.1. The second-order valence-corrected chi connectivity index (χ2v) is 7.72.